The number of fused-ring (bicyclic) bond motifs is 3. The molecule has 0 amide bonds. The topological polar surface area (TPSA) is 85.0 Å². The molecule has 2 N–H and O–H groups in total. The summed E-state index contributed by atoms with van der Waals surface area (Å²) >= 11 is 0. The maximum absolute atomic E-state index is 11.8. The fraction of sp³-hybridized carbons (Fsp3) is 0.350. The van der Waals surface area contributed by atoms with Crippen LogP contribution in [-0.2, 0) is 25.9 Å². The molecular formula is C20H23N5O2. The second-order valence-electron chi connectivity index (χ2n) is 6.76. The van der Waals surface area contributed by atoms with Crippen molar-refractivity contribution in [2.24, 2.45) is 0 Å². The largest absolute Gasteiger partial charge is 0.477 e. The Labute approximate surface area is 157 Å². The maximum Gasteiger partial charge on any atom is 0.354 e. The number of carbonyl (C=O) groups is 1. The van der Waals surface area contributed by atoms with Crippen molar-refractivity contribution >= 4 is 5.97 Å². The Morgan fingerprint density at radius 2 is 2.04 bits per heavy atom. The van der Waals surface area contributed by atoms with E-state index in [0.717, 1.165) is 54.9 Å². The molecule has 7 heteroatoms. The van der Waals surface area contributed by atoms with Crippen molar-refractivity contribution in [3.63, 3.8) is 0 Å². The highest BCUT2D eigenvalue weighted by Crippen LogP contribution is 2.34. The molecule has 0 fully saturated rings. The number of rotatable bonds is 8. The highest BCUT2D eigenvalue weighted by Gasteiger charge is 2.27. The van der Waals surface area contributed by atoms with Gasteiger partial charge in [-0.1, -0.05) is 0 Å². The standard InChI is InChI=1S/C20H23N5O2/c26-20(27)19-17-5-4-15-14-22-8-6-16(15)18(17)23-25(19)12-3-7-21-9-13-24-10-1-2-11-24/h1-2,6,8,10-11,14,21H,3-5,7,9,12-13H2,(H,26,27). The first kappa shape index (κ1) is 17.5. The number of nitrogens with zero attached hydrogens (tertiary/aromatic N) is 4. The molecular weight excluding hydrogens is 342 g/mol. The van der Waals surface area contributed by atoms with Gasteiger partial charge < -0.3 is 15.0 Å². The van der Waals surface area contributed by atoms with Crippen molar-refractivity contribution in [1.82, 2.24) is 24.6 Å². The van der Waals surface area contributed by atoms with Crippen LogP contribution in [0, 0.1) is 0 Å². The van der Waals surface area contributed by atoms with Crippen molar-refractivity contribution in [1.29, 1.82) is 0 Å². The third kappa shape index (κ3) is 3.64. The van der Waals surface area contributed by atoms with Gasteiger partial charge in [0.15, 0.2) is 0 Å². The van der Waals surface area contributed by atoms with Crippen molar-refractivity contribution in [2.75, 3.05) is 13.1 Å². The number of nitrogens with one attached hydrogen (secondary N) is 1. The number of hydrogen-bond acceptors (Lipinski definition) is 4. The molecule has 0 spiro atoms. The normalized spacial score (nSPS) is 12.6. The van der Waals surface area contributed by atoms with Crippen LogP contribution in [0.15, 0.2) is 43.0 Å². The first-order valence-electron chi connectivity index (χ1n) is 9.32. The molecule has 4 rings (SSSR count). The second-order valence-corrected chi connectivity index (χ2v) is 6.76. The Bertz CT molecular complexity index is 930. The van der Waals surface area contributed by atoms with E-state index in [1.807, 2.05) is 36.8 Å². The number of aromatic carboxylic acids is 1. The molecule has 3 aromatic rings. The molecule has 0 aromatic carbocycles. The number of aromatic nitrogens is 4. The van der Waals surface area contributed by atoms with Gasteiger partial charge in [0, 0.05) is 55.5 Å². The lowest BCUT2D eigenvalue weighted by Gasteiger charge is -2.14. The fourth-order valence-electron chi connectivity index (χ4n) is 3.68. The average Bonchev–Trinajstić information content (AvgIpc) is 3.31. The Morgan fingerprint density at radius 1 is 1.19 bits per heavy atom. The summed E-state index contributed by atoms with van der Waals surface area (Å²) in [7, 11) is 0. The molecule has 140 valence electrons. The maximum atomic E-state index is 11.8. The molecule has 0 saturated carbocycles. The molecule has 0 aliphatic heterocycles. The van der Waals surface area contributed by atoms with E-state index >= 15 is 0 Å². The Morgan fingerprint density at radius 3 is 2.85 bits per heavy atom. The summed E-state index contributed by atoms with van der Waals surface area (Å²) < 4.78 is 3.79. The summed E-state index contributed by atoms with van der Waals surface area (Å²) in [6.07, 6.45) is 10.0. The van der Waals surface area contributed by atoms with E-state index < -0.39 is 5.97 Å². The van der Waals surface area contributed by atoms with Crippen LogP contribution in [0.5, 0.6) is 0 Å². The molecule has 0 saturated heterocycles. The smallest absolute Gasteiger partial charge is 0.354 e. The second kappa shape index (κ2) is 7.75. The molecule has 0 atom stereocenters. The van der Waals surface area contributed by atoms with Gasteiger partial charge in [-0.2, -0.15) is 5.10 Å². The minimum absolute atomic E-state index is 0.333. The molecule has 3 aromatic heterocycles. The van der Waals surface area contributed by atoms with Crippen molar-refractivity contribution in [2.45, 2.75) is 32.4 Å². The van der Waals surface area contributed by atoms with Gasteiger partial charge in [-0.3, -0.25) is 9.67 Å². The quantitative estimate of drug-likeness (QED) is 0.598. The number of pyridine rings is 1. The van der Waals surface area contributed by atoms with Crippen LogP contribution in [0.4, 0.5) is 0 Å². The zero-order valence-corrected chi connectivity index (χ0v) is 15.1. The predicted molar refractivity (Wildman–Crippen MR) is 102 cm³/mol. The van der Waals surface area contributed by atoms with Gasteiger partial charge in [0.2, 0.25) is 0 Å². The first-order chi connectivity index (χ1) is 13.2. The first-order valence-corrected chi connectivity index (χ1v) is 9.32. The van der Waals surface area contributed by atoms with Gasteiger partial charge in [-0.15, -0.1) is 0 Å². The van der Waals surface area contributed by atoms with Crippen molar-refractivity contribution in [3.05, 3.63) is 59.8 Å². The van der Waals surface area contributed by atoms with Gasteiger partial charge in [0.25, 0.3) is 0 Å². The fourth-order valence-corrected chi connectivity index (χ4v) is 3.68. The van der Waals surface area contributed by atoms with E-state index in [4.69, 9.17) is 0 Å². The van der Waals surface area contributed by atoms with E-state index in [1.54, 1.807) is 10.9 Å². The zero-order valence-electron chi connectivity index (χ0n) is 15.1. The highest BCUT2D eigenvalue weighted by atomic mass is 16.4. The van der Waals surface area contributed by atoms with E-state index in [9.17, 15) is 9.90 Å². The summed E-state index contributed by atoms with van der Waals surface area (Å²) in [4.78, 5) is 16.0. The van der Waals surface area contributed by atoms with E-state index in [-0.39, 0.29) is 0 Å². The SMILES string of the molecule is O=C(O)c1c2c(nn1CCCNCCn1cccc1)-c1ccncc1CC2. The number of carboxylic acids is 1. The molecule has 0 unspecified atom stereocenters. The average molecular weight is 365 g/mol. The Hall–Kier alpha value is -2.93. The van der Waals surface area contributed by atoms with Gasteiger partial charge in [-0.05, 0) is 49.6 Å². The molecule has 1 aliphatic carbocycles. The Balaban J connectivity index is 1.41. The van der Waals surface area contributed by atoms with E-state index in [2.05, 4.69) is 20.0 Å². The number of aryl methyl sites for hydroxylation is 2. The van der Waals surface area contributed by atoms with Crippen molar-refractivity contribution < 1.29 is 9.90 Å². The molecule has 27 heavy (non-hydrogen) atoms. The third-order valence-electron chi connectivity index (χ3n) is 4.99. The number of carboxylic acid groups (broad SMARTS) is 1. The lowest BCUT2D eigenvalue weighted by atomic mass is 9.90. The molecule has 0 radical (unpaired) electrons. The number of hydrogen-bond donors (Lipinski definition) is 2. The minimum atomic E-state index is -0.901. The van der Waals surface area contributed by atoms with Gasteiger partial charge in [0.1, 0.15) is 5.69 Å². The van der Waals surface area contributed by atoms with Crippen LogP contribution in [0.2, 0.25) is 0 Å². The predicted octanol–water partition coefficient (Wildman–Crippen LogP) is 2.22. The third-order valence-corrected chi connectivity index (χ3v) is 4.99. The van der Waals surface area contributed by atoms with Crippen molar-refractivity contribution in [3.8, 4) is 11.3 Å². The van der Waals surface area contributed by atoms with Crippen LogP contribution in [0.1, 0.15) is 28.0 Å². The van der Waals surface area contributed by atoms with Crippen LogP contribution >= 0.6 is 0 Å². The van der Waals surface area contributed by atoms with Crippen LogP contribution in [0.3, 0.4) is 0 Å². The van der Waals surface area contributed by atoms with Gasteiger partial charge >= 0.3 is 5.97 Å². The highest BCUT2D eigenvalue weighted by molar-refractivity contribution is 5.90. The van der Waals surface area contributed by atoms with E-state index in [0.29, 0.717) is 18.7 Å². The summed E-state index contributed by atoms with van der Waals surface area (Å²) in [5, 5.41) is 17.8. The lowest BCUT2D eigenvalue weighted by molar-refractivity contribution is 0.0681. The molecule has 7 nitrogen and oxygen atoms in total. The minimum Gasteiger partial charge on any atom is -0.477 e. The van der Waals surface area contributed by atoms with Gasteiger partial charge in [-0.25, -0.2) is 4.79 Å². The zero-order chi connectivity index (χ0) is 18.6. The summed E-state index contributed by atoms with van der Waals surface area (Å²) in [5.41, 5.74) is 4.13. The van der Waals surface area contributed by atoms with Gasteiger partial charge in [0.05, 0.1) is 5.69 Å². The lowest BCUT2D eigenvalue weighted by Crippen LogP contribution is -2.22. The molecule has 3 heterocycles. The van der Waals surface area contributed by atoms with Crippen LogP contribution in [0.25, 0.3) is 11.3 Å². The monoisotopic (exact) mass is 365 g/mol. The molecule has 1 aliphatic rings. The van der Waals surface area contributed by atoms with Crippen LogP contribution in [-0.4, -0.2) is 43.5 Å². The summed E-state index contributed by atoms with van der Waals surface area (Å²) in [5.74, 6) is -0.901. The summed E-state index contributed by atoms with van der Waals surface area (Å²) in [6, 6.07) is 5.96. The van der Waals surface area contributed by atoms with Crippen LogP contribution < -0.4 is 5.32 Å². The molecule has 0 bridgehead atoms. The summed E-state index contributed by atoms with van der Waals surface area (Å²) in [6.45, 7) is 3.22. The Kier molecular flexibility index (Phi) is 5.02. The van der Waals surface area contributed by atoms with E-state index in [1.165, 1.54) is 0 Å².